The van der Waals surface area contributed by atoms with Crippen LogP contribution in [0.25, 0.3) is 0 Å². The summed E-state index contributed by atoms with van der Waals surface area (Å²) < 4.78 is 0. The molecule has 0 saturated carbocycles. The van der Waals surface area contributed by atoms with Crippen molar-refractivity contribution >= 4 is 17.3 Å². The molecule has 82 valence electrons. The SMILES string of the molecule is Cc1ccc(NCc2cccnc2)cc1Cl. The lowest BCUT2D eigenvalue weighted by atomic mass is 10.2. The quantitative estimate of drug-likeness (QED) is 0.874. The fourth-order valence-corrected chi connectivity index (χ4v) is 1.59. The number of nitrogens with zero attached hydrogens (tertiary/aromatic N) is 1. The van der Waals surface area contributed by atoms with Crippen molar-refractivity contribution in [1.29, 1.82) is 0 Å². The molecule has 0 aliphatic rings. The number of aryl methyl sites for hydroxylation is 1. The molecule has 2 rings (SSSR count). The molecule has 2 nitrogen and oxygen atoms in total. The van der Waals surface area contributed by atoms with Crippen molar-refractivity contribution < 1.29 is 0 Å². The summed E-state index contributed by atoms with van der Waals surface area (Å²) in [5.41, 5.74) is 3.27. The molecule has 0 aliphatic carbocycles. The molecule has 1 N–H and O–H groups in total. The van der Waals surface area contributed by atoms with Gasteiger partial charge in [0.1, 0.15) is 0 Å². The maximum Gasteiger partial charge on any atom is 0.0455 e. The van der Waals surface area contributed by atoms with Crippen LogP contribution in [-0.4, -0.2) is 4.98 Å². The Morgan fingerprint density at radius 2 is 2.19 bits per heavy atom. The van der Waals surface area contributed by atoms with E-state index in [1.165, 1.54) is 0 Å². The van der Waals surface area contributed by atoms with Crippen LogP contribution in [0.5, 0.6) is 0 Å². The van der Waals surface area contributed by atoms with Gasteiger partial charge in [-0.05, 0) is 36.2 Å². The zero-order chi connectivity index (χ0) is 11.4. The Balaban J connectivity index is 2.03. The first kappa shape index (κ1) is 11.0. The lowest BCUT2D eigenvalue weighted by Gasteiger charge is -2.07. The summed E-state index contributed by atoms with van der Waals surface area (Å²) in [6.45, 7) is 2.75. The Hall–Kier alpha value is -1.54. The maximum atomic E-state index is 6.04. The number of hydrogen-bond acceptors (Lipinski definition) is 2. The van der Waals surface area contributed by atoms with E-state index in [4.69, 9.17) is 11.6 Å². The topological polar surface area (TPSA) is 24.9 Å². The predicted molar refractivity (Wildman–Crippen MR) is 67.8 cm³/mol. The Bertz CT molecular complexity index is 469. The minimum absolute atomic E-state index is 0.757. The standard InChI is InChI=1S/C13H13ClN2/c1-10-4-5-12(7-13(10)14)16-9-11-3-2-6-15-8-11/h2-8,16H,9H2,1H3. The van der Waals surface area contributed by atoms with Gasteiger partial charge in [-0.15, -0.1) is 0 Å². The Kier molecular flexibility index (Phi) is 3.42. The van der Waals surface area contributed by atoms with Crippen LogP contribution in [0.4, 0.5) is 5.69 Å². The van der Waals surface area contributed by atoms with Gasteiger partial charge in [0.2, 0.25) is 0 Å². The van der Waals surface area contributed by atoms with E-state index in [1.54, 1.807) is 6.20 Å². The Morgan fingerprint density at radius 1 is 1.31 bits per heavy atom. The van der Waals surface area contributed by atoms with Crippen molar-refractivity contribution in [3.8, 4) is 0 Å². The van der Waals surface area contributed by atoms with Gasteiger partial charge in [-0.25, -0.2) is 0 Å². The smallest absolute Gasteiger partial charge is 0.0455 e. The predicted octanol–water partition coefficient (Wildman–Crippen LogP) is 3.66. The lowest BCUT2D eigenvalue weighted by Crippen LogP contribution is -1.99. The number of anilines is 1. The molecular weight excluding hydrogens is 220 g/mol. The minimum atomic E-state index is 0.757. The molecular formula is C13H13ClN2. The molecule has 0 spiro atoms. The average Bonchev–Trinajstić information content (AvgIpc) is 2.32. The molecule has 0 atom stereocenters. The highest BCUT2D eigenvalue weighted by atomic mass is 35.5. The second-order valence-corrected chi connectivity index (χ2v) is 4.09. The minimum Gasteiger partial charge on any atom is -0.381 e. The third kappa shape index (κ3) is 2.74. The molecule has 0 bridgehead atoms. The van der Waals surface area contributed by atoms with E-state index in [1.807, 2.05) is 43.5 Å². The summed E-state index contributed by atoms with van der Waals surface area (Å²) in [6, 6.07) is 9.94. The van der Waals surface area contributed by atoms with Crippen molar-refractivity contribution in [2.75, 3.05) is 5.32 Å². The first-order valence-corrected chi connectivity index (χ1v) is 5.52. The van der Waals surface area contributed by atoms with E-state index < -0.39 is 0 Å². The Labute approximate surface area is 100 Å². The van der Waals surface area contributed by atoms with Crippen molar-refractivity contribution in [3.05, 3.63) is 58.9 Å². The van der Waals surface area contributed by atoms with Crippen LogP contribution in [0.3, 0.4) is 0 Å². The fraction of sp³-hybridized carbons (Fsp3) is 0.154. The molecule has 1 heterocycles. The van der Waals surface area contributed by atoms with Crippen LogP contribution in [0, 0.1) is 6.92 Å². The monoisotopic (exact) mass is 232 g/mol. The van der Waals surface area contributed by atoms with Crippen molar-refractivity contribution in [2.24, 2.45) is 0 Å². The van der Waals surface area contributed by atoms with Gasteiger partial charge in [0.05, 0.1) is 0 Å². The second-order valence-electron chi connectivity index (χ2n) is 3.68. The molecule has 0 unspecified atom stereocenters. The molecule has 1 aromatic carbocycles. The van der Waals surface area contributed by atoms with Gasteiger partial charge < -0.3 is 5.32 Å². The van der Waals surface area contributed by atoms with Crippen molar-refractivity contribution in [2.45, 2.75) is 13.5 Å². The largest absolute Gasteiger partial charge is 0.381 e. The maximum absolute atomic E-state index is 6.04. The summed E-state index contributed by atoms with van der Waals surface area (Å²) in [5.74, 6) is 0. The third-order valence-corrected chi connectivity index (χ3v) is 2.80. The normalized spacial score (nSPS) is 10.1. The number of halogens is 1. The van der Waals surface area contributed by atoms with Gasteiger partial charge in [0, 0.05) is 29.6 Å². The van der Waals surface area contributed by atoms with Gasteiger partial charge in [-0.1, -0.05) is 23.7 Å². The van der Waals surface area contributed by atoms with Crippen LogP contribution < -0.4 is 5.32 Å². The molecule has 0 saturated heterocycles. The van der Waals surface area contributed by atoms with Crippen LogP contribution in [0.2, 0.25) is 5.02 Å². The number of nitrogens with one attached hydrogen (secondary N) is 1. The van der Waals surface area contributed by atoms with Crippen LogP contribution in [-0.2, 0) is 6.54 Å². The van der Waals surface area contributed by atoms with E-state index in [0.717, 1.165) is 28.4 Å². The van der Waals surface area contributed by atoms with Gasteiger partial charge in [-0.3, -0.25) is 4.98 Å². The fourth-order valence-electron chi connectivity index (χ4n) is 1.41. The highest BCUT2D eigenvalue weighted by Crippen LogP contribution is 2.20. The molecule has 0 radical (unpaired) electrons. The zero-order valence-corrected chi connectivity index (χ0v) is 9.83. The summed E-state index contributed by atoms with van der Waals surface area (Å²) >= 11 is 6.04. The van der Waals surface area contributed by atoms with Gasteiger partial charge in [0.25, 0.3) is 0 Å². The number of pyridine rings is 1. The molecule has 1 aromatic heterocycles. The molecule has 2 aromatic rings. The highest BCUT2D eigenvalue weighted by Gasteiger charge is 1.97. The van der Waals surface area contributed by atoms with Crippen LogP contribution in [0.1, 0.15) is 11.1 Å². The van der Waals surface area contributed by atoms with Crippen molar-refractivity contribution in [3.63, 3.8) is 0 Å². The molecule has 16 heavy (non-hydrogen) atoms. The van der Waals surface area contributed by atoms with E-state index in [9.17, 15) is 0 Å². The van der Waals surface area contributed by atoms with Gasteiger partial charge >= 0.3 is 0 Å². The van der Waals surface area contributed by atoms with Gasteiger partial charge in [-0.2, -0.15) is 0 Å². The van der Waals surface area contributed by atoms with Crippen molar-refractivity contribution in [1.82, 2.24) is 4.98 Å². The molecule has 3 heteroatoms. The van der Waals surface area contributed by atoms with Crippen LogP contribution in [0.15, 0.2) is 42.7 Å². The summed E-state index contributed by atoms with van der Waals surface area (Å²) in [5, 5.41) is 4.09. The number of hydrogen-bond donors (Lipinski definition) is 1. The Morgan fingerprint density at radius 3 is 2.88 bits per heavy atom. The molecule has 0 fully saturated rings. The zero-order valence-electron chi connectivity index (χ0n) is 9.07. The summed E-state index contributed by atoms with van der Waals surface area (Å²) in [4.78, 5) is 4.06. The first-order valence-electron chi connectivity index (χ1n) is 5.14. The van der Waals surface area contributed by atoms with Gasteiger partial charge in [0.15, 0.2) is 0 Å². The number of benzene rings is 1. The third-order valence-electron chi connectivity index (χ3n) is 2.39. The average molecular weight is 233 g/mol. The van der Waals surface area contributed by atoms with E-state index >= 15 is 0 Å². The highest BCUT2D eigenvalue weighted by molar-refractivity contribution is 6.31. The summed E-state index contributed by atoms with van der Waals surface area (Å²) in [7, 11) is 0. The van der Waals surface area contributed by atoms with E-state index in [0.29, 0.717) is 0 Å². The molecule has 0 aliphatic heterocycles. The van der Waals surface area contributed by atoms with Crippen LogP contribution >= 0.6 is 11.6 Å². The number of aromatic nitrogens is 1. The van der Waals surface area contributed by atoms with E-state index in [-0.39, 0.29) is 0 Å². The molecule has 0 amide bonds. The lowest BCUT2D eigenvalue weighted by molar-refractivity contribution is 1.11. The first-order chi connectivity index (χ1) is 7.75. The second kappa shape index (κ2) is 4.99. The number of rotatable bonds is 3. The van der Waals surface area contributed by atoms with E-state index in [2.05, 4.69) is 10.3 Å². The summed E-state index contributed by atoms with van der Waals surface area (Å²) in [6.07, 6.45) is 3.62.